The van der Waals surface area contributed by atoms with Crippen LogP contribution in [-0.2, 0) is 18.8 Å². The summed E-state index contributed by atoms with van der Waals surface area (Å²) < 4.78 is 30.7. The molecule has 0 rings (SSSR count). The van der Waals surface area contributed by atoms with E-state index in [0.29, 0.717) is 0 Å². The van der Waals surface area contributed by atoms with Gasteiger partial charge in [-0.05, 0) is 27.6 Å². The maximum absolute atomic E-state index is 10.9. The maximum Gasteiger partial charge on any atom is 0.399 e. The molecular formula is C22H49NO4S. The summed E-state index contributed by atoms with van der Waals surface area (Å²) in [5, 5.41) is 0. The second kappa shape index (κ2) is 23.1. The summed E-state index contributed by atoms with van der Waals surface area (Å²) in [6, 6.07) is 0. The Morgan fingerprint density at radius 2 is 0.893 bits per heavy atom. The first kappa shape index (κ1) is 30.0. The lowest BCUT2D eigenvalue weighted by atomic mass is 10.0. The molecule has 28 heavy (non-hydrogen) atoms. The van der Waals surface area contributed by atoms with Crippen LogP contribution in [0.4, 0.5) is 0 Å². The van der Waals surface area contributed by atoms with Gasteiger partial charge in [-0.15, -0.1) is 0 Å². The highest BCUT2D eigenvalue weighted by molar-refractivity contribution is 7.81. The van der Waals surface area contributed by atoms with Crippen molar-refractivity contribution < 1.29 is 16.8 Å². The van der Waals surface area contributed by atoms with E-state index in [-0.39, 0.29) is 6.61 Å². The smallest absolute Gasteiger partial charge is 0.312 e. The van der Waals surface area contributed by atoms with E-state index in [9.17, 15) is 8.42 Å². The van der Waals surface area contributed by atoms with Crippen LogP contribution < -0.4 is 0 Å². The van der Waals surface area contributed by atoms with Gasteiger partial charge in [0.15, 0.2) is 0 Å². The zero-order valence-electron chi connectivity index (χ0n) is 19.5. The first-order valence-electron chi connectivity index (χ1n) is 11.4. The third-order valence-electron chi connectivity index (χ3n) is 4.43. The third kappa shape index (κ3) is 30.6. The Bertz CT molecular complexity index is 383. The van der Waals surface area contributed by atoms with E-state index in [1.54, 1.807) is 0 Å². The molecule has 0 saturated carbocycles. The molecule has 0 spiro atoms. The molecule has 0 aromatic rings. The molecule has 0 radical (unpaired) electrons. The van der Waals surface area contributed by atoms with Crippen molar-refractivity contribution in [1.29, 1.82) is 0 Å². The second-order valence-electron chi connectivity index (χ2n) is 8.04. The minimum atomic E-state index is -3.74. The first-order valence-corrected chi connectivity index (χ1v) is 12.7. The van der Waals surface area contributed by atoms with Crippen LogP contribution in [0.25, 0.3) is 0 Å². The van der Waals surface area contributed by atoms with Gasteiger partial charge in [0.1, 0.15) is 0 Å². The van der Waals surface area contributed by atoms with E-state index in [4.69, 9.17) is 0 Å². The van der Waals surface area contributed by atoms with Gasteiger partial charge in [-0.3, -0.25) is 4.18 Å². The summed E-state index contributed by atoms with van der Waals surface area (Å²) in [6.45, 7) is 2.50. The SMILES string of the molecule is CCCCCCCCCCCCCCCCCCOS(=O)(=O)OC.CN(C)C. The summed E-state index contributed by atoms with van der Waals surface area (Å²) in [5.74, 6) is 0. The van der Waals surface area contributed by atoms with Crippen molar-refractivity contribution in [2.24, 2.45) is 0 Å². The predicted molar refractivity (Wildman–Crippen MR) is 121 cm³/mol. The second-order valence-corrected chi connectivity index (χ2v) is 9.43. The monoisotopic (exact) mass is 423 g/mol. The van der Waals surface area contributed by atoms with Gasteiger partial charge in [0.05, 0.1) is 13.7 Å². The van der Waals surface area contributed by atoms with E-state index in [0.717, 1.165) is 26.4 Å². The molecule has 0 amide bonds. The highest BCUT2D eigenvalue weighted by atomic mass is 32.3. The van der Waals surface area contributed by atoms with E-state index < -0.39 is 10.4 Å². The molecule has 0 aliphatic rings. The molecule has 5 nitrogen and oxygen atoms in total. The lowest BCUT2D eigenvalue weighted by Crippen LogP contribution is -2.08. The van der Waals surface area contributed by atoms with Crippen molar-refractivity contribution in [3.63, 3.8) is 0 Å². The molecule has 0 aliphatic carbocycles. The van der Waals surface area contributed by atoms with Gasteiger partial charge in [-0.1, -0.05) is 103 Å². The van der Waals surface area contributed by atoms with Crippen LogP contribution >= 0.6 is 0 Å². The highest BCUT2D eigenvalue weighted by Gasteiger charge is 2.07. The fourth-order valence-corrected chi connectivity index (χ4v) is 3.28. The van der Waals surface area contributed by atoms with Crippen molar-refractivity contribution in [1.82, 2.24) is 4.90 Å². The minimum absolute atomic E-state index is 0.231. The molecule has 0 saturated heterocycles. The van der Waals surface area contributed by atoms with Gasteiger partial charge in [-0.2, -0.15) is 8.42 Å². The lowest BCUT2D eigenvalue weighted by molar-refractivity contribution is 0.238. The average Bonchev–Trinajstić information content (AvgIpc) is 2.64. The summed E-state index contributed by atoms with van der Waals surface area (Å²) >= 11 is 0. The average molecular weight is 424 g/mol. The zero-order valence-corrected chi connectivity index (χ0v) is 20.3. The van der Waals surface area contributed by atoms with Crippen molar-refractivity contribution in [2.75, 3.05) is 34.9 Å². The standard InChI is InChI=1S/C19H40O4S.C3H9N/c1-3-4-5-6-7-8-9-10-11-12-13-14-15-16-17-18-19-23-24(20,21)22-2;1-4(2)3/h3-19H2,1-2H3;1-3H3. The first-order chi connectivity index (χ1) is 13.4. The molecule has 0 bridgehead atoms. The molecule has 0 unspecified atom stereocenters. The molecule has 172 valence electrons. The third-order valence-corrected chi connectivity index (χ3v) is 5.29. The minimum Gasteiger partial charge on any atom is -0.312 e. The molecule has 0 aromatic carbocycles. The molecule has 0 N–H and O–H groups in total. The van der Waals surface area contributed by atoms with Gasteiger partial charge in [0.25, 0.3) is 0 Å². The summed E-state index contributed by atoms with van der Waals surface area (Å²) in [5.41, 5.74) is 0. The zero-order chi connectivity index (χ0) is 21.5. The fraction of sp³-hybridized carbons (Fsp3) is 1.00. The number of rotatable bonds is 19. The summed E-state index contributed by atoms with van der Waals surface area (Å²) in [6.07, 6.45) is 20.8. The Morgan fingerprint density at radius 1 is 0.607 bits per heavy atom. The van der Waals surface area contributed by atoms with Crippen LogP contribution in [0, 0.1) is 0 Å². The van der Waals surface area contributed by atoms with Crippen LogP contribution in [0.15, 0.2) is 0 Å². The lowest BCUT2D eigenvalue weighted by Gasteiger charge is -2.04. The van der Waals surface area contributed by atoms with E-state index in [2.05, 4.69) is 15.3 Å². The number of hydrogen-bond acceptors (Lipinski definition) is 5. The predicted octanol–water partition coefficient (Wildman–Crippen LogP) is 6.33. The summed E-state index contributed by atoms with van der Waals surface area (Å²) in [4.78, 5) is 2.00. The van der Waals surface area contributed by atoms with Crippen LogP contribution in [-0.4, -0.2) is 48.2 Å². The van der Waals surface area contributed by atoms with E-state index in [1.807, 2.05) is 26.0 Å². The molecule has 0 aliphatic heterocycles. The molecular weight excluding hydrogens is 374 g/mol. The quantitative estimate of drug-likeness (QED) is 0.227. The van der Waals surface area contributed by atoms with Gasteiger partial charge < -0.3 is 4.90 Å². The van der Waals surface area contributed by atoms with Gasteiger partial charge in [-0.25, -0.2) is 4.18 Å². The van der Waals surface area contributed by atoms with Crippen LogP contribution in [0.5, 0.6) is 0 Å². The van der Waals surface area contributed by atoms with Gasteiger partial charge in [0, 0.05) is 0 Å². The largest absolute Gasteiger partial charge is 0.399 e. The van der Waals surface area contributed by atoms with Crippen molar-refractivity contribution in [2.45, 2.75) is 110 Å². The Morgan fingerprint density at radius 3 is 1.18 bits per heavy atom. The molecule has 6 heteroatoms. The van der Waals surface area contributed by atoms with E-state index >= 15 is 0 Å². The topological polar surface area (TPSA) is 55.8 Å². The van der Waals surface area contributed by atoms with E-state index in [1.165, 1.54) is 83.5 Å². The molecule has 0 heterocycles. The Hall–Kier alpha value is -0.170. The van der Waals surface area contributed by atoms with Crippen LogP contribution in [0.3, 0.4) is 0 Å². The van der Waals surface area contributed by atoms with Gasteiger partial charge in [0.2, 0.25) is 0 Å². The number of hydrogen-bond donors (Lipinski definition) is 0. The number of nitrogens with zero attached hydrogens (tertiary/aromatic N) is 1. The Labute approximate surface area is 176 Å². The number of unbranched alkanes of at least 4 members (excludes halogenated alkanes) is 15. The van der Waals surface area contributed by atoms with Crippen molar-refractivity contribution in [3.8, 4) is 0 Å². The van der Waals surface area contributed by atoms with Gasteiger partial charge >= 0.3 is 10.4 Å². The van der Waals surface area contributed by atoms with Crippen LogP contribution in [0.1, 0.15) is 110 Å². The van der Waals surface area contributed by atoms with Crippen molar-refractivity contribution in [3.05, 3.63) is 0 Å². The molecule has 0 fully saturated rings. The summed E-state index contributed by atoms with van der Waals surface area (Å²) in [7, 11) is 3.37. The maximum atomic E-state index is 10.9. The molecule has 0 aromatic heterocycles. The molecule has 0 atom stereocenters. The fourth-order valence-electron chi connectivity index (χ4n) is 2.86. The highest BCUT2D eigenvalue weighted by Crippen LogP contribution is 2.13. The Balaban J connectivity index is 0. The normalized spacial score (nSPS) is 11.5. The van der Waals surface area contributed by atoms with Crippen LogP contribution in [0.2, 0.25) is 0 Å². The Kier molecular flexibility index (Phi) is 24.8. The van der Waals surface area contributed by atoms with Crippen molar-refractivity contribution >= 4 is 10.4 Å².